The second-order valence-corrected chi connectivity index (χ2v) is 5.79. The highest BCUT2D eigenvalue weighted by Crippen LogP contribution is 2.47. The Morgan fingerprint density at radius 2 is 1.86 bits per heavy atom. The van der Waals surface area contributed by atoms with Gasteiger partial charge in [0.2, 0.25) is 0 Å². The van der Waals surface area contributed by atoms with E-state index in [1.54, 1.807) is 0 Å². The largest absolute Gasteiger partial charge is 0.459 e. The molecule has 1 aliphatic carbocycles. The summed E-state index contributed by atoms with van der Waals surface area (Å²) in [4.78, 5) is 0. The van der Waals surface area contributed by atoms with Gasteiger partial charge < -0.3 is 9.73 Å². The van der Waals surface area contributed by atoms with E-state index in [0.717, 1.165) is 17.9 Å². The molecule has 0 unspecified atom stereocenters. The topological polar surface area (TPSA) is 25.2 Å². The van der Waals surface area contributed by atoms with E-state index >= 15 is 0 Å². The molecule has 3 aromatic rings. The van der Waals surface area contributed by atoms with Crippen LogP contribution in [0, 0.1) is 0 Å². The molecule has 4 rings (SSSR count). The number of hydrogen-bond donors (Lipinski definition) is 1. The second-order valence-electron chi connectivity index (χ2n) is 5.79. The molecule has 106 valence electrons. The molecule has 0 atom stereocenters. The number of fused-ring (bicyclic) bond motifs is 1. The number of hydrogen-bond acceptors (Lipinski definition) is 2. The number of benzene rings is 2. The smallest absolute Gasteiger partial charge is 0.142 e. The SMILES string of the molecule is CNCc1oc2c(-c3ccccc3)cccc2c1C1CC1. The standard InChI is InChI=1S/C19H19NO/c1-20-12-17-18(14-10-11-14)16-9-5-8-15(19(16)21-17)13-6-3-2-4-7-13/h2-9,14,20H,10-12H2,1H3. The quantitative estimate of drug-likeness (QED) is 0.748. The highest BCUT2D eigenvalue weighted by molar-refractivity contribution is 5.95. The van der Waals surface area contributed by atoms with Gasteiger partial charge in [0.1, 0.15) is 11.3 Å². The molecule has 1 heterocycles. The Hall–Kier alpha value is -2.06. The lowest BCUT2D eigenvalue weighted by Gasteiger charge is -2.02. The van der Waals surface area contributed by atoms with Crippen molar-refractivity contribution in [1.82, 2.24) is 5.32 Å². The Kier molecular flexibility index (Phi) is 3.04. The first-order valence-corrected chi connectivity index (χ1v) is 7.63. The maximum absolute atomic E-state index is 6.26. The van der Waals surface area contributed by atoms with Gasteiger partial charge in [-0.2, -0.15) is 0 Å². The summed E-state index contributed by atoms with van der Waals surface area (Å²) >= 11 is 0. The Balaban J connectivity index is 1.95. The van der Waals surface area contributed by atoms with Crippen molar-refractivity contribution < 1.29 is 4.42 Å². The van der Waals surface area contributed by atoms with Gasteiger partial charge in [-0.3, -0.25) is 0 Å². The summed E-state index contributed by atoms with van der Waals surface area (Å²) in [6.07, 6.45) is 2.59. The molecule has 2 aromatic carbocycles. The second kappa shape index (κ2) is 5.05. The molecule has 0 spiro atoms. The van der Waals surface area contributed by atoms with Crippen molar-refractivity contribution in [2.24, 2.45) is 0 Å². The minimum absolute atomic E-state index is 0.695. The maximum atomic E-state index is 6.26. The molecule has 0 bridgehead atoms. The van der Waals surface area contributed by atoms with Gasteiger partial charge in [-0.1, -0.05) is 48.5 Å². The van der Waals surface area contributed by atoms with E-state index in [4.69, 9.17) is 4.42 Å². The first kappa shape index (κ1) is 12.7. The van der Waals surface area contributed by atoms with Gasteiger partial charge >= 0.3 is 0 Å². The van der Waals surface area contributed by atoms with E-state index in [9.17, 15) is 0 Å². The van der Waals surface area contributed by atoms with E-state index in [-0.39, 0.29) is 0 Å². The van der Waals surface area contributed by atoms with Crippen LogP contribution in [-0.4, -0.2) is 7.05 Å². The minimum Gasteiger partial charge on any atom is -0.459 e. The summed E-state index contributed by atoms with van der Waals surface area (Å²) in [5, 5.41) is 4.53. The number of nitrogens with one attached hydrogen (secondary N) is 1. The molecular formula is C19H19NO. The van der Waals surface area contributed by atoms with Gasteiger partial charge in [-0.05, 0) is 31.4 Å². The summed E-state index contributed by atoms with van der Waals surface area (Å²) in [5.41, 5.74) is 4.88. The van der Waals surface area contributed by atoms with Crippen molar-refractivity contribution in [2.45, 2.75) is 25.3 Å². The molecule has 0 aliphatic heterocycles. The zero-order valence-corrected chi connectivity index (χ0v) is 12.2. The van der Waals surface area contributed by atoms with Crippen LogP contribution in [0.25, 0.3) is 22.1 Å². The highest BCUT2D eigenvalue weighted by Gasteiger charge is 2.31. The third kappa shape index (κ3) is 2.16. The Bertz CT molecular complexity index is 769. The van der Waals surface area contributed by atoms with Crippen LogP contribution in [0.5, 0.6) is 0 Å². The molecule has 21 heavy (non-hydrogen) atoms. The van der Waals surface area contributed by atoms with Crippen LogP contribution < -0.4 is 5.32 Å². The fourth-order valence-corrected chi connectivity index (χ4v) is 3.14. The normalized spacial score (nSPS) is 14.7. The van der Waals surface area contributed by atoms with Crippen LogP contribution in [0.1, 0.15) is 30.1 Å². The molecule has 1 fully saturated rings. The molecule has 1 aromatic heterocycles. The molecule has 1 saturated carbocycles. The Morgan fingerprint density at radius 3 is 2.57 bits per heavy atom. The van der Waals surface area contributed by atoms with Crippen molar-refractivity contribution >= 4 is 11.0 Å². The van der Waals surface area contributed by atoms with Gasteiger partial charge in [0.15, 0.2) is 0 Å². The molecule has 1 N–H and O–H groups in total. The minimum atomic E-state index is 0.695. The van der Waals surface area contributed by atoms with E-state index in [1.807, 2.05) is 13.1 Å². The van der Waals surface area contributed by atoms with Crippen LogP contribution in [0.15, 0.2) is 52.9 Å². The molecule has 0 amide bonds. The molecule has 2 nitrogen and oxygen atoms in total. The van der Waals surface area contributed by atoms with E-state index < -0.39 is 0 Å². The monoisotopic (exact) mass is 277 g/mol. The van der Waals surface area contributed by atoms with Crippen molar-refractivity contribution in [3.63, 3.8) is 0 Å². The van der Waals surface area contributed by atoms with E-state index in [1.165, 1.54) is 34.9 Å². The van der Waals surface area contributed by atoms with Gasteiger partial charge in [-0.25, -0.2) is 0 Å². The number of rotatable bonds is 4. The van der Waals surface area contributed by atoms with Crippen molar-refractivity contribution in [3.8, 4) is 11.1 Å². The van der Waals surface area contributed by atoms with Gasteiger partial charge in [0.25, 0.3) is 0 Å². The summed E-state index contributed by atoms with van der Waals surface area (Å²) in [7, 11) is 1.97. The Labute approximate surface area is 124 Å². The first-order chi connectivity index (χ1) is 10.4. The predicted molar refractivity (Wildman–Crippen MR) is 86.4 cm³/mol. The Morgan fingerprint density at radius 1 is 1.05 bits per heavy atom. The summed E-state index contributed by atoms with van der Waals surface area (Å²) in [5.74, 6) is 1.80. The van der Waals surface area contributed by atoms with Crippen LogP contribution in [0.3, 0.4) is 0 Å². The lowest BCUT2D eigenvalue weighted by Crippen LogP contribution is -2.05. The average Bonchev–Trinajstić information content (AvgIpc) is 3.29. The molecular weight excluding hydrogens is 258 g/mol. The molecule has 1 aliphatic rings. The van der Waals surface area contributed by atoms with Crippen LogP contribution >= 0.6 is 0 Å². The summed E-state index contributed by atoms with van der Waals surface area (Å²) < 4.78 is 6.26. The zero-order chi connectivity index (χ0) is 14.2. The van der Waals surface area contributed by atoms with Crippen LogP contribution in [-0.2, 0) is 6.54 Å². The van der Waals surface area contributed by atoms with Crippen molar-refractivity contribution in [2.75, 3.05) is 7.05 Å². The van der Waals surface area contributed by atoms with Crippen molar-refractivity contribution in [3.05, 3.63) is 59.9 Å². The third-order valence-corrected chi connectivity index (χ3v) is 4.24. The van der Waals surface area contributed by atoms with E-state index in [2.05, 4.69) is 47.8 Å². The summed E-state index contributed by atoms with van der Waals surface area (Å²) in [6, 6.07) is 17.0. The number of para-hydroxylation sites is 1. The third-order valence-electron chi connectivity index (χ3n) is 4.24. The van der Waals surface area contributed by atoms with Crippen LogP contribution in [0.2, 0.25) is 0 Å². The predicted octanol–water partition coefficient (Wildman–Crippen LogP) is 4.70. The fourth-order valence-electron chi connectivity index (χ4n) is 3.14. The number of furan rings is 1. The lowest BCUT2D eigenvalue weighted by molar-refractivity contribution is 0.525. The average molecular weight is 277 g/mol. The lowest BCUT2D eigenvalue weighted by atomic mass is 10.00. The maximum Gasteiger partial charge on any atom is 0.142 e. The molecule has 2 heteroatoms. The van der Waals surface area contributed by atoms with Gasteiger partial charge in [0.05, 0.1) is 6.54 Å². The summed E-state index contributed by atoms with van der Waals surface area (Å²) in [6.45, 7) is 0.800. The van der Waals surface area contributed by atoms with Crippen LogP contribution in [0.4, 0.5) is 0 Å². The highest BCUT2D eigenvalue weighted by atomic mass is 16.3. The van der Waals surface area contributed by atoms with Gasteiger partial charge in [0, 0.05) is 16.5 Å². The first-order valence-electron chi connectivity index (χ1n) is 7.63. The van der Waals surface area contributed by atoms with Crippen molar-refractivity contribution in [1.29, 1.82) is 0 Å². The van der Waals surface area contributed by atoms with Gasteiger partial charge in [-0.15, -0.1) is 0 Å². The zero-order valence-electron chi connectivity index (χ0n) is 12.2. The molecule has 0 saturated heterocycles. The molecule has 0 radical (unpaired) electrons. The van der Waals surface area contributed by atoms with E-state index in [0.29, 0.717) is 5.92 Å². The fraction of sp³-hybridized carbons (Fsp3) is 0.263.